The molecule has 1 aliphatic heterocycles. The smallest absolute Gasteiger partial charge is 0.316 e. The van der Waals surface area contributed by atoms with Crippen LogP contribution in [0.1, 0.15) is 16.9 Å². The standard InChI is InChI=1S/C17H14ClN5O3/c18-12-8-20-17(21-9-12)25-13-3-5-23(10-13)16(24)14-6-15(26-22-14)11-2-1-4-19-7-11/h1-2,4,6-9,13H,3,5,10H2/t13-/m1/s1. The maximum absolute atomic E-state index is 12.6. The molecule has 0 aliphatic carbocycles. The molecule has 1 amide bonds. The van der Waals surface area contributed by atoms with Crippen LogP contribution in [-0.2, 0) is 0 Å². The third-order valence-corrected chi connectivity index (χ3v) is 4.17. The van der Waals surface area contributed by atoms with Gasteiger partial charge in [-0.15, -0.1) is 0 Å². The van der Waals surface area contributed by atoms with Crippen LogP contribution < -0.4 is 4.74 Å². The number of carbonyl (C=O) groups excluding carboxylic acids is 1. The highest BCUT2D eigenvalue weighted by molar-refractivity contribution is 6.30. The van der Waals surface area contributed by atoms with E-state index in [1.54, 1.807) is 29.4 Å². The maximum atomic E-state index is 12.6. The van der Waals surface area contributed by atoms with Crippen molar-refractivity contribution in [3.05, 3.63) is 53.7 Å². The fourth-order valence-electron chi connectivity index (χ4n) is 2.70. The number of hydrogen-bond acceptors (Lipinski definition) is 7. The summed E-state index contributed by atoms with van der Waals surface area (Å²) in [4.78, 5) is 26.3. The summed E-state index contributed by atoms with van der Waals surface area (Å²) in [6.07, 6.45) is 6.77. The molecule has 0 radical (unpaired) electrons. The number of rotatable bonds is 4. The van der Waals surface area contributed by atoms with Crippen molar-refractivity contribution in [3.63, 3.8) is 0 Å². The molecule has 0 spiro atoms. The van der Waals surface area contributed by atoms with E-state index in [2.05, 4.69) is 20.1 Å². The largest absolute Gasteiger partial charge is 0.458 e. The molecule has 3 aromatic heterocycles. The molecule has 0 N–H and O–H groups in total. The number of amides is 1. The Morgan fingerprint density at radius 2 is 2.15 bits per heavy atom. The lowest BCUT2D eigenvalue weighted by Gasteiger charge is -2.15. The van der Waals surface area contributed by atoms with Crippen LogP contribution in [0.4, 0.5) is 0 Å². The van der Waals surface area contributed by atoms with Crippen molar-refractivity contribution in [2.75, 3.05) is 13.1 Å². The molecule has 0 bridgehead atoms. The number of nitrogens with zero attached hydrogens (tertiary/aromatic N) is 5. The van der Waals surface area contributed by atoms with E-state index in [0.717, 1.165) is 5.56 Å². The predicted octanol–water partition coefficient (Wildman–Crippen LogP) is 2.47. The zero-order valence-electron chi connectivity index (χ0n) is 13.6. The average Bonchev–Trinajstić information content (AvgIpc) is 3.34. The van der Waals surface area contributed by atoms with Gasteiger partial charge in [0.2, 0.25) is 0 Å². The van der Waals surface area contributed by atoms with E-state index in [1.807, 2.05) is 6.07 Å². The van der Waals surface area contributed by atoms with Crippen LogP contribution >= 0.6 is 11.6 Å². The van der Waals surface area contributed by atoms with Crippen molar-refractivity contribution in [3.8, 4) is 17.3 Å². The Labute approximate surface area is 153 Å². The normalized spacial score (nSPS) is 16.7. The Morgan fingerprint density at radius 1 is 1.31 bits per heavy atom. The molecule has 3 aromatic rings. The van der Waals surface area contributed by atoms with E-state index >= 15 is 0 Å². The lowest BCUT2D eigenvalue weighted by molar-refractivity contribution is 0.0759. The van der Waals surface area contributed by atoms with E-state index in [1.165, 1.54) is 12.4 Å². The lowest BCUT2D eigenvalue weighted by Crippen LogP contribution is -2.31. The van der Waals surface area contributed by atoms with Gasteiger partial charge < -0.3 is 14.2 Å². The Kier molecular flexibility index (Phi) is 4.49. The van der Waals surface area contributed by atoms with Crippen molar-refractivity contribution in [2.24, 2.45) is 0 Å². The molecule has 8 nitrogen and oxygen atoms in total. The van der Waals surface area contributed by atoms with E-state index in [4.69, 9.17) is 20.9 Å². The van der Waals surface area contributed by atoms with Crippen molar-refractivity contribution in [1.29, 1.82) is 0 Å². The molecule has 1 saturated heterocycles. The molecule has 0 aromatic carbocycles. The minimum Gasteiger partial charge on any atom is -0.458 e. The Balaban J connectivity index is 1.40. The summed E-state index contributed by atoms with van der Waals surface area (Å²) in [5, 5.41) is 4.32. The summed E-state index contributed by atoms with van der Waals surface area (Å²) in [5.41, 5.74) is 1.02. The van der Waals surface area contributed by atoms with Gasteiger partial charge >= 0.3 is 6.01 Å². The van der Waals surface area contributed by atoms with Gasteiger partial charge in [0, 0.05) is 37.0 Å². The summed E-state index contributed by atoms with van der Waals surface area (Å²) in [6, 6.07) is 5.50. The van der Waals surface area contributed by atoms with Crippen LogP contribution in [0, 0.1) is 0 Å². The number of carbonyl (C=O) groups is 1. The number of halogens is 1. The van der Waals surface area contributed by atoms with Crippen LogP contribution in [-0.4, -0.2) is 50.1 Å². The third kappa shape index (κ3) is 3.50. The van der Waals surface area contributed by atoms with Crippen LogP contribution in [0.2, 0.25) is 5.02 Å². The monoisotopic (exact) mass is 371 g/mol. The molecule has 9 heteroatoms. The molecular weight excluding hydrogens is 358 g/mol. The van der Waals surface area contributed by atoms with Gasteiger partial charge in [0.1, 0.15) is 6.10 Å². The van der Waals surface area contributed by atoms with Crippen molar-refractivity contribution >= 4 is 17.5 Å². The summed E-state index contributed by atoms with van der Waals surface area (Å²) in [6.45, 7) is 0.992. The quantitative estimate of drug-likeness (QED) is 0.695. The number of likely N-dealkylation sites (tertiary alicyclic amines) is 1. The van der Waals surface area contributed by atoms with Gasteiger partial charge in [-0.1, -0.05) is 16.8 Å². The van der Waals surface area contributed by atoms with Crippen LogP contribution in [0.15, 0.2) is 47.5 Å². The van der Waals surface area contributed by atoms with Crippen molar-refractivity contribution < 1.29 is 14.1 Å². The molecule has 26 heavy (non-hydrogen) atoms. The summed E-state index contributed by atoms with van der Waals surface area (Å²) in [7, 11) is 0. The van der Waals surface area contributed by atoms with Gasteiger partial charge in [-0.25, -0.2) is 9.97 Å². The van der Waals surface area contributed by atoms with E-state index in [-0.39, 0.29) is 23.7 Å². The summed E-state index contributed by atoms with van der Waals surface area (Å²) in [5.74, 6) is 0.301. The Bertz CT molecular complexity index is 900. The number of hydrogen-bond donors (Lipinski definition) is 0. The number of aromatic nitrogens is 4. The second kappa shape index (κ2) is 7.09. The molecule has 1 aliphatic rings. The van der Waals surface area contributed by atoms with E-state index in [9.17, 15) is 4.79 Å². The third-order valence-electron chi connectivity index (χ3n) is 3.98. The molecule has 1 fully saturated rings. The van der Waals surface area contributed by atoms with Crippen molar-refractivity contribution in [2.45, 2.75) is 12.5 Å². The Hall–Kier alpha value is -3.00. The van der Waals surface area contributed by atoms with E-state index in [0.29, 0.717) is 30.3 Å². The molecule has 0 saturated carbocycles. The highest BCUT2D eigenvalue weighted by atomic mass is 35.5. The fourth-order valence-corrected chi connectivity index (χ4v) is 2.80. The molecule has 0 unspecified atom stereocenters. The topological polar surface area (TPSA) is 94.2 Å². The first-order chi connectivity index (χ1) is 12.7. The van der Waals surface area contributed by atoms with Gasteiger partial charge in [-0.05, 0) is 12.1 Å². The number of pyridine rings is 1. The second-order valence-corrected chi connectivity index (χ2v) is 6.22. The van der Waals surface area contributed by atoms with Gasteiger partial charge in [-0.2, -0.15) is 0 Å². The van der Waals surface area contributed by atoms with Crippen LogP contribution in [0.3, 0.4) is 0 Å². The average molecular weight is 372 g/mol. The second-order valence-electron chi connectivity index (χ2n) is 5.78. The van der Waals surface area contributed by atoms with Gasteiger partial charge in [0.15, 0.2) is 11.5 Å². The summed E-state index contributed by atoms with van der Waals surface area (Å²) < 4.78 is 11.0. The molecule has 4 heterocycles. The highest BCUT2D eigenvalue weighted by Gasteiger charge is 2.30. The zero-order valence-corrected chi connectivity index (χ0v) is 14.3. The Morgan fingerprint density at radius 3 is 2.92 bits per heavy atom. The van der Waals surface area contributed by atoms with Crippen LogP contribution in [0.5, 0.6) is 6.01 Å². The van der Waals surface area contributed by atoms with Crippen LogP contribution in [0.25, 0.3) is 11.3 Å². The maximum Gasteiger partial charge on any atom is 0.316 e. The minimum atomic E-state index is -0.202. The minimum absolute atomic E-state index is 0.176. The first kappa shape index (κ1) is 16.5. The van der Waals surface area contributed by atoms with Gasteiger partial charge in [-0.3, -0.25) is 9.78 Å². The fraction of sp³-hybridized carbons (Fsp3) is 0.235. The molecule has 132 valence electrons. The molecule has 4 rings (SSSR count). The van der Waals surface area contributed by atoms with E-state index < -0.39 is 0 Å². The van der Waals surface area contributed by atoms with Crippen molar-refractivity contribution in [1.82, 2.24) is 25.0 Å². The number of ether oxygens (including phenoxy) is 1. The summed E-state index contributed by atoms with van der Waals surface area (Å²) >= 11 is 5.75. The molecule has 1 atom stereocenters. The lowest BCUT2D eigenvalue weighted by atomic mass is 10.2. The first-order valence-electron chi connectivity index (χ1n) is 7.99. The first-order valence-corrected chi connectivity index (χ1v) is 8.37. The van der Waals surface area contributed by atoms with Gasteiger partial charge in [0.05, 0.1) is 24.0 Å². The zero-order chi connectivity index (χ0) is 17.9. The van der Waals surface area contributed by atoms with Gasteiger partial charge in [0.25, 0.3) is 5.91 Å². The SMILES string of the molecule is O=C(c1cc(-c2cccnc2)on1)N1CC[C@@H](Oc2ncc(Cl)cn2)C1. The predicted molar refractivity (Wildman–Crippen MR) is 91.7 cm³/mol. The molecular formula is C17H14ClN5O3. The highest BCUT2D eigenvalue weighted by Crippen LogP contribution is 2.22.